The smallest absolute Gasteiger partial charge is 0.191 e. The molecule has 1 atom stereocenters. The van der Waals surface area contributed by atoms with Crippen LogP contribution >= 0.6 is 35.7 Å². The van der Waals surface area contributed by atoms with Gasteiger partial charge in [-0.2, -0.15) is 11.8 Å². The van der Waals surface area contributed by atoms with Crippen LogP contribution in [0.4, 0.5) is 0 Å². The van der Waals surface area contributed by atoms with Gasteiger partial charge < -0.3 is 20.1 Å². The van der Waals surface area contributed by atoms with Crippen LogP contribution in [0.5, 0.6) is 0 Å². The topological polar surface area (TPSA) is 70.4 Å². The molecule has 166 valence electrons. The van der Waals surface area contributed by atoms with Crippen LogP contribution in [0.25, 0.3) is 0 Å². The van der Waals surface area contributed by atoms with E-state index in [1.165, 1.54) is 50.9 Å². The molecule has 0 spiro atoms. The summed E-state index contributed by atoms with van der Waals surface area (Å²) in [6.07, 6.45) is 10.2. The maximum atomic E-state index is 4.80. The Morgan fingerprint density at radius 2 is 2.03 bits per heavy atom. The average molecular weight is 536 g/mol. The fourth-order valence-electron chi connectivity index (χ4n) is 4.18. The van der Waals surface area contributed by atoms with Crippen LogP contribution in [-0.2, 0) is 13.6 Å². The van der Waals surface area contributed by atoms with Crippen LogP contribution in [0.1, 0.15) is 50.2 Å². The fraction of sp³-hybridized carbons (Fsp3) is 0.850. The highest BCUT2D eigenvalue weighted by molar-refractivity contribution is 14.0. The number of likely N-dealkylation sites (tertiary alicyclic amines) is 1. The Balaban J connectivity index is 0.00000300. The summed E-state index contributed by atoms with van der Waals surface area (Å²) in [4.78, 5) is 7.45. The van der Waals surface area contributed by atoms with E-state index in [1.54, 1.807) is 0 Å². The van der Waals surface area contributed by atoms with E-state index in [1.807, 2.05) is 30.3 Å². The lowest BCUT2D eigenvalue weighted by atomic mass is 10.1. The molecule has 7 nitrogen and oxygen atoms in total. The molecule has 9 heteroatoms. The molecule has 1 saturated heterocycles. The Morgan fingerprint density at radius 1 is 1.24 bits per heavy atom. The molecule has 2 heterocycles. The first kappa shape index (κ1) is 24.7. The Morgan fingerprint density at radius 3 is 2.72 bits per heavy atom. The van der Waals surface area contributed by atoms with Crippen LogP contribution in [0.15, 0.2) is 4.99 Å². The van der Waals surface area contributed by atoms with E-state index in [9.17, 15) is 0 Å². The molecule has 0 radical (unpaired) electrons. The second-order valence-electron chi connectivity index (χ2n) is 8.20. The summed E-state index contributed by atoms with van der Waals surface area (Å²) in [5, 5.41) is 15.6. The molecule has 29 heavy (non-hydrogen) atoms. The Hall–Kier alpha value is -0.550. The fourth-order valence-corrected chi connectivity index (χ4v) is 4.62. The summed E-state index contributed by atoms with van der Waals surface area (Å²) in [5.74, 6) is 4.83. The van der Waals surface area contributed by atoms with Gasteiger partial charge in [-0.3, -0.25) is 0 Å². The van der Waals surface area contributed by atoms with Crippen molar-refractivity contribution in [1.29, 1.82) is 0 Å². The molecule has 1 aliphatic carbocycles. The average Bonchev–Trinajstić information content (AvgIpc) is 3.42. The van der Waals surface area contributed by atoms with Gasteiger partial charge in [0.2, 0.25) is 0 Å². The zero-order valence-electron chi connectivity index (χ0n) is 18.2. The number of hydrogen-bond acceptors (Lipinski definition) is 5. The van der Waals surface area contributed by atoms with E-state index in [4.69, 9.17) is 4.99 Å². The first-order chi connectivity index (χ1) is 13.7. The SMILES string of the molecule is CSCCCNC(=NCc1nnc(C)n1C)NC1CCN(CC2CCCC2)C1.I. The van der Waals surface area contributed by atoms with E-state index in [0.29, 0.717) is 12.6 Å². The second-order valence-corrected chi connectivity index (χ2v) is 9.19. The summed E-state index contributed by atoms with van der Waals surface area (Å²) in [6.45, 7) is 7.08. The third-order valence-corrected chi connectivity index (χ3v) is 6.68. The van der Waals surface area contributed by atoms with E-state index in [2.05, 4.69) is 32.0 Å². The van der Waals surface area contributed by atoms with E-state index < -0.39 is 0 Å². The van der Waals surface area contributed by atoms with Crippen molar-refractivity contribution in [2.24, 2.45) is 18.0 Å². The molecule has 2 fully saturated rings. The van der Waals surface area contributed by atoms with Gasteiger partial charge in [-0.25, -0.2) is 4.99 Å². The number of aryl methyl sites for hydroxylation is 1. The molecule has 2 aliphatic rings. The van der Waals surface area contributed by atoms with Crippen molar-refractivity contribution < 1.29 is 0 Å². The van der Waals surface area contributed by atoms with Gasteiger partial charge in [-0.1, -0.05) is 12.8 Å². The summed E-state index contributed by atoms with van der Waals surface area (Å²) in [7, 11) is 2.00. The minimum Gasteiger partial charge on any atom is -0.356 e. The van der Waals surface area contributed by atoms with E-state index >= 15 is 0 Å². The van der Waals surface area contributed by atoms with Gasteiger partial charge in [0.25, 0.3) is 0 Å². The van der Waals surface area contributed by atoms with Crippen LogP contribution in [-0.4, -0.2) is 69.9 Å². The van der Waals surface area contributed by atoms with Gasteiger partial charge in [0, 0.05) is 39.3 Å². The summed E-state index contributed by atoms with van der Waals surface area (Å²) >= 11 is 1.89. The lowest BCUT2D eigenvalue weighted by Crippen LogP contribution is -2.45. The summed E-state index contributed by atoms with van der Waals surface area (Å²) < 4.78 is 2.01. The zero-order chi connectivity index (χ0) is 19.8. The minimum absolute atomic E-state index is 0. The lowest BCUT2D eigenvalue weighted by Gasteiger charge is -2.21. The third kappa shape index (κ3) is 7.90. The number of nitrogens with zero attached hydrogens (tertiary/aromatic N) is 5. The first-order valence-electron chi connectivity index (χ1n) is 10.8. The number of hydrogen-bond donors (Lipinski definition) is 2. The molecule has 1 aliphatic heterocycles. The summed E-state index contributed by atoms with van der Waals surface area (Å²) in [5.41, 5.74) is 0. The van der Waals surface area contributed by atoms with Crippen molar-refractivity contribution >= 4 is 41.7 Å². The van der Waals surface area contributed by atoms with Crippen molar-refractivity contribution in [2.45, 2.75) is 58.0 Å². The predicted octanol–water partition coefficient (Wildman–Crippen LogP) is 2.79. The van der Waals surface area contributed by atoms with Crippen molar-refractivity contribution in [2.75, 3.05) is 38.2 Å². The number of aromatic nitrogens is 3. The van der Waals surface area contributed by atoms with Crippen molar-refractivity contribution in [1.82, 2.24) is 30.3 Å². The molecule has 2 N–H and O–H groups in total. The van der Waals surface area contributed by atoms with Gasteiger partial charge in [0.1, 0.15) is 12.4 Å². The minimum atomic E-state index is 0. The Bertz CT molecular complexity index is 630. The van der Waals surface area contributed by atoms with E-state index in [0.717, 1.165) is 43.0 Å². The molecular formula is C20H38IN7S. The number of guanidine groups is 1. The molecule has 1 saturated carbocycles. The quantitative estimate of drug-likeness (QED) is 0.220. The molecule has 0 bridgehead atoms. The van der Waals surface area contributed by atoms with Gasteiger partial charge in [0.05, 0.1) is 0 Å². The largest absolute Gasteiger partial charge is 0.356 e. The lowest BCUT2D eigenvalue weighted by molar-refractivity contribution is 0.275. The monoisotopic (exact) mass is 535 g/mol. The highest BCUT2D eigenvalue weighted by Crippen LogP contribution is 2.26. The van der Waals surface area contributed by atoms with Crippen molar-refractivity contribution in [3.63, 3.8) is 0 Å². The number of halogens is 1. The Kier molecular flexibility index (Phi) is 11.1. The van der Waals surface area contributed by atoms with Gasteiger partial charge in [-0.05, 0) is 50.5 Å². The number of aliphatic imine (C=N–C) groups is 1. The molecule has 3 rings (SSSR count). The maximum absolute atomic E-state index is 4.80. The van der Waals surface area contributed by atoms with Crippen LogP contribution in [0, 0.1) is 12.8 Å². The molecule has 1 aromatic rings. The normalized spacial score (nSPS) is 20.8. The van der Waals surface area contributed by atoms with Crippen molar-refractivity contribution in [3.8, 4) is 0 Å². The van der Waals surface area contributed by atoms with Crippen LogP contribution in [0.3, 0.4) is 0 Å². The van der Waals surface area contributed by atoms with Gasteiger partial charge in [0.15, 0.2) is 11.8 Å². The van der Waals surface area contributed by atoms with Crippen LogP contribution in [0.2, 0.25) is 0 Å². The molecule has 1 unspecified atom stereocenters. The standard InChI is InChI=1S/C20H37N7S.HI/c1-16-24-25-19(26(16)2)13-22-20(21-10-6-12-28-3)23-18-9-11-27(15-18)14-17-7-4-5-8-17;/h17-18H,4-15H2,1-3H3,(H2,21,22,23);1H. The maximum Gasteiger partial charge on any atom is 0.191 e. The number of rotatable bonds is 9. The van der Waals surface area contributed by atoms with E-state index in [-0.39, 0.29) is 24.0 Å². The number of nitrogens with one attached hydrogen (secondary N) is 2. The summed E-state index contributed by atoms with van der Waals surface area (Å²) in [6, 6.07) is 0.481. The first-order valence-corrected chi connectivity index (χ1v) is 12.2. The Labute approximate surface area is 197 Å². The predicted molar refractivity (Wildman–Crippen MR) is 133 cm³/mol. The third-order valence-electron chi connectivity index (χ3n) is 5.98. The highest BCUT2D eigenvalue weighted by atomic mass is 127. The molecular weight excluding hydrogens is 497 g/mol. The number of thioether (sulfide) groups is 1. The molecule has 0 amide bonds. The molecule has 1 aromatic heterocycles. The van der Waals surface area contributed by atoms with Gasteiger partial charge >= 0.3 is 0 Å². The van der Waals surface area contributed by atoms with Crippen molar-refractivity contribution in [3.05, 3.63) is 11.6 Å². The highest BCUT2D eigenvalue weighted by Gasteiger charge is 2.26. The van der Waals surface area contributed by atoms with Crippen LogP contribution < -0.4 is 10.6 Å². The molecule has 0 aromatic carbocycles. The zero-order valence-corrected chi connectivity index (χ0v) is 21.3. The second kappa shape index (κ2) is 13.0. The van der Waals surface area contributed by atoms with Gasteiger partial charge in [-0.15, -0.1) is 34.2 Å².